The van der Waals surface area contributed by atoms with Crippen LogP contribution in [0, 0.1) is 0 Å². The monoisotopic (exact) mass is 314 g/mol. The molecule has 0 radical (unpaired) electrons. The molecule has 1 aliphatic heterocycles. The highest BCUT2D eigenvalue weighted by molar-refractivity contribution is 7.21. The van der Waals surface area contributed by atoms with E-state index in [2.05, 4.69) is 30.2 Å². The Hall–Kier alpha value is -2.32. The van der Waals surface area contributed by atoms with Crippen molar-refractivity contribution in [2.45, 2.75) is 0 Å². The number of pyridine rings is 1. The average molecular weight is 314 g/mol. The van der Waals surface area contributed by atoms with E-state index in [-0.39, 0.29) is 5.56 Å². The molecular formula is C14H14N6OS. The molecule has 3 aromatic rings. The summed E-state index contributed by atoms with van der Waals surface area (Å²) < 4.78 is 0. The first-order valence-electron chi connectivity index (χ1n) is 7.09. The molecule has 8 heteroatoms. The minimum atomic E-state index is -0.219. The lowest BCUT2D eigenvalue weighted by atomic mass is 10.3. The summed E-state index contributed by atoms with van der Waals surface area (Å²) in [6.45, 7) is 3.65. The normalized spacial score (nSPS) is 15.4. The van der Waals surface area contributed by atoms with E-state index in [1.165, 1.54) is 11.3 Å². The highest BCUT2D eigenvalue weighted by Gasteiger charge is 2.17. The van der Waals surface area contributed by atoms with Crippen LogP contribution in [0.2, 0.25) is 0 Å². The number of aromatic amines is 1. The van der Waals surface area contributed by atoms with Crippen LogP contribution in [0.3, 0.4) is 0 Å². The number of anilines is 1. The SMILES string of the molecule is O=c1[nH]c(-c2ccccn2)nc2sc(N3CCNCC3)nc12. The van der Waals surface area contributed by atoms with E-state index in [0.29, 0.717) is 21.9 Å². The van der Waals surface area contributed by atoms with Crippen molar-refractivity contribution in [2.24, 2.45) is 0 Å². The number of rotatable bonds is 2. The van der Waals surface area contributed by atoms with Crippen LogP contribution in [-0.4, -0.2) is 46.1 Å². The molecule has 0 amide bonds. The molecule has 0 bridgehead atoms. The predicted octanol–water partition coefficient (Wildman–Crippen LogP) is 0.851. The van der Waals surface area contributed by atoms with Crippen LogP contribution in [0.4, 0.5) is 5.13 Å². The standard InChI is InChI=1S/C14H14N6OS/c21-12-10-13(19-11(18-12)9-3-1-2-4-16-9)22-14(17-10)20-7-5-15-6-8-20/h1-4,15H,5-8H2,(H,18,19,21). The molecule has 0 saturated carbocycles. The van der Waals surface area contributed by atoms with Crippen molar-refractivity contribution < 1.29 is 0 Å². The molecule has 0 aromatic carbocycles. The lowest BCUT2D eigenvalue weighted by molar-refractivity contribution is 0.588. The van der Waals surface area contributed by atoms with Crippen LogP contribution in [0.15, 0.2) is 29.2 Å². The first kappa shape index (κ1) is 13.4. The fourth-order valence-electron chi connectivity index (χ4n) is 2.44. The Labute approximate surface area is 130 Å². The molecule has 0 spiro atoms. The fraction of sp³-hybridized carbons (Fsp3) is 0.286. The molecule has 2 N–H and O–H groups in total. The third-order valence-corrected chi connectivity index (χ3v) is 4.56. The second-order valence-electron chi connectivity index (χ2n) is 5.02. The Bertz CT molecular complexity index is 853. The molecule has 22 heavy (non-hydrogen) atoms. The Balaban J connectivity index is 1.79. The predicted molar refractivity (Wildman–Crippen MR) is 86.3 cm³/mol. The van der Waals surface area contributed by atoms with Crippen molar-refractivity contribution in [3.05, 3.63) is 34.7 Å². The van der Waals surface area contributed by atoms with E-state index in [4.69, 9.17) is 0 Å². The van der Waals surface area contributed by atoms with Crippen molar-refractivity contribution in [1.82, 2.24) is 25.3 Å². The first-order valence-corrected chi connectivity index (χ1v) is 7.91. The van der Waals surface area contributed by atoms with Gasteiger partial charge in [-0.05, 0) is 12.1 Å². The maximum Gasteiger partial charge on any atom is 0.278 e. The number of piperazine rings is 1. The highest BCUT2D eigenvalue weighted by Crippen LogP contribution is 2.26. The Kier molecular flexibility index (Phi) is 3.32. The summed E-state index contributed by atoms with van der Waals surface area (Å²) in [7, 11) is 0. The van der Waals surface area contributed by atoms with Gasteiger partial charge < -0.3 is 15.2 Å². The first-order chi connectivity index (χ1) is 10.8. The van der Waals surface area contributed by atoms with E-state index < -0.39 is 0 Å². The van der Waals surface area contributed by atoms with Gasteiger partial charge in [-0.25, -0.2) is 9.97 Å². The molecule has 3 aromatic heterocycles. The fourth-order valence-corrected chi connectivity index (χ4v) is 3.43. The molecule has 7 nitrogen and oxygen atoms in total. The van der Waals surface area contributed by atoms with Crippen molar-refractivity contribution in [2.75, 3.05) is 31.1 Å². The van der Waals surface area contributed by atoms with Crippen molar-refractivity contribution >= 4 is 26.8 Å². The second-order valence-corrected chi connectivity index (χ2v) is 5.97. The third-order valence-electron chi connectivity index (χ3n) is 3.55. The highest BCUT2D eigenvalue weighted by atomic mass is 32.1. The lowest BCUT2D eigenvalue weighted by Crippen LogP contribution is -2.43. The molecule has 1 saturated heterocycles. The number of hydrogen-bond acceptors (Lipinski definition) is 7. The number of thiazole rings is 1. The average Bonchev–Trinajstić information content (AvgIpc) is 3.01. The van der Waals surface area contributed by atoms with Crippen LogP contribution in [0.25, 0.3) is 21.9 Å². The third kappa shape index (κ3) is 2.36. The van der Waals surface area contributed by atoms with Gasteiger partial charge in [-0.15, -0.1) is 0 Å². The summed E-state index contributed by atoms with van der Waals surface area (Å²) in [4.78, 5) is 31.1. The summed E-state index contributed by atoms with van der Waals surface area (Å²) in [6.07, 6.45) is 1.68. The zero-order chi connectivity index (χ0) is 14.9. The number of nitrogens with zero attached hydrogens (tertiary/aromatic N) is 4. The van der Waals surface area contributed by atoms with Gasteiger partial charge in [0.1, 0.15) is 5.69 Å². The van der Waals surface area contributed by atoms with E-state index in [1.54, 1.807) is 6.20 Å². The van der Waals surface area contributed by atoms with Gasteiger partial charge in [0.25, 0.3) is 5.56 Å². The maximum atomic E-state index is 12.3. The minimum absolute atomic E-state index is 0.219. The molecule has 1 aliphatic rings. The van der Waals surface area contributed by atoms with Crippen LogP contribution < -0.4 is 15.8 Å². The second kappa shape index (κ2) is 5.47. The quantitative estimate of drug-likeness (QED) is 0.729. The molecule has 4 rings (SSSR count). The van der Waals surface area contributed by atoms with E-state index >= 15 is 0 Å². The van der Waals surface area contributed by atoms with Crippen molar-refractivity contribution in [1.29, 1.82) is 0 Å². The van der Waals surface area contributed by atoms with E-state index in [1.807, 2.05) is 18.2 Å². The molecule has 1 fully saturated rings. The molecule has 4 heterocycles. The molecule has 0 unspecified atom stereocenters. The number of aromatic nitrogens is 4. The number of hydrogen-bond donors (Lipinski definition) is 2. The lowest BCUT2D eigenvalue weighted by Gasteiger charge is -2.26. The van der Waals surface area contributed by atoms with Gasteiger partial charge in [-0.1, -0.05) is 17.4 Å². The summed E-state index contributed by atoms with van der Waals surface area (Å²) in [5, 5.41) is 4.16. The Morgan fingerprint density at radius 3 is 2.82 bits per heavy atom. The summed E-state index contributed by atoms with van der Waals surface area (Å²) in [5.74, 6) is 0.480. The van der Waals surface area contributed by atoms with Gasteiger partial charge in [0.15, 0.2) is 21.3 Å². The van der Waals surface area contributed by atoms with Crippen LogP contribution in [0.1, 0.15) is 0 Å². The zero-order valence-electron chi connectivity index (χ0n) is 11.7. The molecule has 0 aliphatic carbocycles. The summed E-state index contributed by atoms with van der Waals surface area (Å²) >= 11 is 1.45. The number of fused-ring (bicyclic) bond motifs is 1. The van der Waals surface area contributed by atoms with Gasteiger partial charge in [0.05, 0.1) is 0 Å². The Morgan fingerprint density at radius 2 is 2.05 bits per heavy atom. The molecular weight excluding hydrogens is 300 g/mol. The van der Waals surface area contributed by atoms with Gasteiger partial charge >= 0.3 is 0 Å². The summed E-state index contributed by atoms with van der Waals surface area (Å²) in [5.41, 5.74) is 0.833. The van der Waals surface area contributed by atoms with Crippen LogP contribution >= 0.6 is 11.3 Å². The van der Waals surface area contributed by atoms with Crippen molar-refractivity contribution in [3.63, 3.8) is 0 Å². The summed E-state index contributed by atoms with van der Waals surface area (Å²) in [6, 6.07) is 5.52. The zero-order valence-corrected chi connectivity index (χ0v) is 12.6. The van der Waals surface area contributed by atoms with Gasteiger partial charge in [-0.3, -0.25) is 9.78 Å². The number of H-pyrrole nitrogens is 1. The van der Waals surface area contributed by atoms with E-state index in [9.17, 15) is 4.79 Å². The van der Waals surface area contributed by atoms with Gasteiger partial charge in [-0.2, -0.15) is 0 Å². The van der Waals surface area contributed by atoms with E-state index in [0.717, 1.165) is 31.3 Å². The van der Waals surface area contributed by atoms with Gasteiger partial charge in [0, 0.05) is 32.4 Å². The van der Waals surface area contributed by atoms with Crippen LogP contribution in [0.5, 0.6) is 0 Å². The molecule has 112 valence electrons. The topological polar surface area (TPSA) is 86.8 Å². The molecule has 0 atom stereocenters. The largest absolute Gasteiger partial charge is 0.345 e. The Morgan fingerprint density at radius 1 is 1.18 bits per heavy atom. The minimum Gasteiger partial charge on any atom is -0.345 e. The van der Waals surface area contributed by atoms with Crippen molar-refractivity contribution in [3.8, 4) is 11.5 Å². The smallest absolute Gasteiger partial charge is 0.278 e. The van der Waals surface area contributed by atoms with Gasteiger partial charge in [0.2, 0.25) is 0 Å². The maximum absolute atomic E-state index is 12.3. The van der Waals surface area contributed by atoms with Crippen LogP contribution in [-0.2, 0) is 0 Å². The number of nitrogens with one attached hydrogen (secondary N) is 2.